The Morgan fingerprint density at radius 3 is 2.52 bits per heavy atom. The fraction of sp³-hybridized carbons (Fsp3) is 0. The first-order chi connectivity index (χ1) is 9.83. The molecule has 108 valence electrons. The van der Waals surface area contributed by atoms with Crippen LogP contribution in [-0.2, 0) is 10.0 Å². The van der Waals surface area contributed by atoms with E-state index in [1.165, 1.54) is 18.2 Å². The highest BCUT2D eigenvalue weighted by atomic mass is 35.5. The molecule has 0 radical (unpaired) electrons. The highest BCUT2D eigenvalue weighted by Gasteiger charge is 2.19. The minimum Gasteiger partial charge on any atom is -0.398 e. The van der Waals surface area contributed by atoms with Gasteiger partial charge in [0.15, 0.2) is 0 Å². The molecule has 8 heteroatoms. The van der Waals surface area contributed by atoms with Gasteiger partial charge in [0.2, 0.25) is 0 Å². The molecule has 2 aromatic rings. The van der Waals surface area contributed by atoms with E-state index < -0.39 is 15.8 Å². The fourth-order valence-corrected chi connectivity index (χ4v) is 3.11. The molecule has 3 N–H and O–H groups in total. The minimum absolute atomic E-state index is 0.0679. The summed E-state index contributed by atoms with van der Waals surface area (Å²) in [5, 5.41) is 8.79. The van der Waals surface area contributed by atoms with Crippen LogP contribution in [-0.4, -0.2) is 8.42 Å². The van der Waals surface area contributed by atoms with Crippen molar-refractivity contribution in [2.45, 2.75) is 4.90 Å². The summed E-state index contributed by atoms with van der Waals surface area (Å²) in [7, 11) is -4.01. The van der Waals surface area contributed by atoms with Gasteiger partial charge >= 0.3 is 0 Å². The monoisotopic (exact) mass is 325 g/mol. The predicted molar refractivity (Wildman–Crippen MR) is 77.8 cm³/mol. The van der Waals surface area contributed by atoms with Crippen LogP contribution in [0.1, 0.15) is 5.56 Å². The second kappa shape index (κ2) is 5.60. The van der Waals surface area contributed by atoms with E-state index in [1.807, 2.05) is 6.07 Å². The summed E-state index contributed by atoms with van der Waals surface area (Å²) in [5.74, 6) is -0.636. The second-order valence-corrected chi connectivity index (χ2v) is 6.15. The van der Waals surface area contributed by atoms with Crippen LogP contribution in [0.15, 0.2) is 41.3 Å². The molecular formula is C13H9ClFN3O2S. The van der Waals surface area contributed by atoms with Gasteiger partial charge in [0.05, 0.1) is 28.0 Å². The van der Waals surface area contributed by atoms with Crippen molar-refractivity contribution < 1.29 is 12.8 Å². The number of nitrogens with one attached hydrogen (secondary N) is 1. The molecule has 2 rings (SSSR count). The predicted octanol–water partition coefficient (Wildman–Crippen LogP) is 2.73. The molecule has 0 saturated carbocycles. The Morgan fingerprint density at radius 2 is 1.95 bits per heavy atom. The van der Waals surface area contributed by atoms with Crippen LogP contribution in [0.2, 0.25) is 5.02 Å². The van der Waals surface area contributed by atoms with Gasteiger partial charge in [-0.2, -0.15) is 5.26 Å². The van der Waals surface area contributed by atoms with Crippen molar-refractivity contribution in [1.82, 2.24) is 0 Å². The Kier molecular flexibility index (Phi) is 4.02. The number of nitriles is 1. The van der Waals surface area contributed by atoms with Gasteiger partial charge in [-0.05, 0) is 36.4 Å². The maximum atomic E-state index is 13.0. The Balaban J connectivity index is 2.40. The van der Waals surface area contributed by atoms with E-state index in [0.717, 1.165) is 18.2 Å². The highest BCUT2D eigenvalue weighted by molar-refractivity contribution is 7.92. The molecule has 0 atom stereocenters. The molecule has 0 saturated heterocycles. The van der Waals surface area contributed by atoms with Crippen molar-refractivity contribution in [2.75, 3.05) is 10.5 Å². The third kappa shape index (κ3) is 3.24. The summed E-state index contributed by atoms with van der Waals surface area (Å²) in [6.45, 7) is 0. The van der Waals surface area contributed by atoms with Crippen LogP contribution in [0.3, 0.4) is 0 Å². The first-order valence-corrected chi connectivity index (χ1v) is 7.47. The van der Waals surface area contributed by atoms with Crippen molar-refractivity contribution in [3.8, 4) is 6.07 Å². The third-order valence-corrected chi connectivity index (χ3v) is 4.36. The standard InChI is InChI=1S/C13H9ClFN3O2S/c14-10-5-8(7-16)1-3-12(10)18-21(19,20)13-4-2-9(15)6-11(13)17/h1-6,18H,17H2. The number of hydrogen-bond acceptors (Lipinski definition) is 4. The van der Waals surface area contributed by atoms with Crippen molar-refractivity contribution in [2.24, 2.45) is 0 Å². The van der Waals surface area contributed by atoms with Crippen LogP contribution < -0.4 is 10.5 Å². The van der Waals surface area contributed by atoms with Crippen molar-refractivity contribution in [1.29, 1.82) is 5.26 Å². The molecule has 0 bridgehead atoms. The van der Waals surface area contributed by atoms with Gasteiger partial charge in [0.25, 0.3) is 10.0 Å². The lowest BCUT2D eigenvalue weighted by Gasteiger charge is -2.11. The Hall–Kier alpha value is -2.30. The number of nitrogens with two attached hydrogens (primary N) is 1. The topological polar surface area (TPSA) is 96.0 Å². The molecule has 0 aromatic heterocycles. The number of nitrogens with zero attached hydrogens (tertiary/aromatic N) is 1. The fourth-order valence-electron chi connectivity index (χ4n) is 1.63. The van der Waals surface area contributed by atoms with Crippen LogP contribution in [0, 0.1) is 17.1 Å². The quantitative estimate of drug-likeness (QED) is 0.848. The van der Waals surface area contributed by atoms with E-state index in [2.05, 4.69) is 4.72 Å². The van der Waals surface area contributed by atoms with Crippen LogP contribution in [0.25, 0.3) is 0 Å². The average Bonchev–Trinajstić information content (AvgIpc) is 2.40. The van der Waals surface area contributed by atoms with Gasteiger partial charge in [-0.1, -0.05) is 11.6 Å². The number of halogens is 2. The molecule has 0 fully saturated rings. The zero-order chi connectivity index (χ0) is 15.6. The summed E-state index contributed by atoms with van der Waals surface area (Å²) in [4.78, 5) is -0.260. The molecule has 2 aromatic carbocycles. The molecule has 0 unspecified atom stereocenters. The molecule has 0 aliphatic heterocycles. The average molecular weight is 326 g/mol. The third-order valence-electron chi connectivity index (χ3n) is 2.60. The van der Waals surface area contributed by atoms with Crippen LogP contribution >= 0.6 is 11.6 Å². The van der Waals surface area contributed by atoms with Crippen molar-refractivity contribution in [3.05, 3.63) is 52.8 Å². The maximum absolute atomic E-state index is 13.0. The van der Waals surface area contributed by atoms with E-state index in [4.69, 9.17) is 22.6 Å². The molecule has 5 nitrogen and oxygen atoms in total. The molecule has 0 amide bonds. The lowest BCUT2D eigenvalue weighted by atomic mass is 10.2. The lowest BCUT2D eigenvalue weighted by Crippen LogP contribution is -2.15. The SMILES string of the molecule is N#Cc1ccc(NS(=O)(=O)c2ccc(F)cc2N)c(Cl)c1. The smallest absolute Gasteiger partial charge is 0.263 e. The molecule has 0 aliphatic carbocycles. The van der Waals surface area contributed by atoms with Crippen LogP contribution in [0.4, 0.5) is 15.8 Å². The van der Waals surface area contributed by atoms with E-state index in [-0.39, 0.29) is 21.3 Å². The summed E-state index contributed by atoms with van der Waals surface area (Å²) < 4.78 is 39.6. The normalized spacial score (nSPS) is 10.9. The second-order valence-electron chi connectivity index (χ2n) is 4.09. The summed E-state index contributed by atoms with van der Waals surface area (Å²) in [5.41, 5.74) is 5.69. The van der Waals surface area contributed by atoms with E-state index in [9.17, 15) is 12.8 Å². The lowest BCUT2D eigenvalue weighted by molar-refractivity contribution is 0.600. The molecule has 21 heavy (non-hydrogen) atoms. The Morgan fingerprint density at radius 1 is 1.24 bits per heavy atom. The van der Waals surface area contributed by atoms with Gasteiger partial charge in [0, 0.05) is 0 Å². The Bertz CT molecular complexity index is 847. The number of rotatable bonds is 3. The number of hydrogen-bond donors (Lipinski definition) is 2. The number of benzene rings is 2. The highest BCUT2D eigenvalue weighted by Crippen LogP contribution is 2.27. The summed E-state index contributed by atoms with van der Waals surface area (Å²) in [6.07, 6.45) is 0. The van der Waals surface area contributed by atoms with Gasteiger partial charge in [-0.15, -0.1) is 0 Å². The largest absolute Gasteiger partial charge is 0.398 e. The molecular weight excluding hydrogens is 317 g/mol. The van der Waals surface area contributed by atoms with Gasteiger partial charge in [-0.3, -0.25) is 4.72 Å². The van der Waals surface area contributed by atoms with Crippen molar-refractivity contribution >= 4 is 33.0 Å². The maximum Gasteiger partial charge on any atom is 0.263 e. The van der Waals surface area contributed by atoms with Crippen molar-refractivity contribution in [3.63, 3.8) is 0 Å². The van der Waals surface area contributed by atoms with E-state index >= 15 is 0 Å². The Labute approximate surface area is 125 Å². The van der Waals surface area contributed by atoms with Gasteiger partial charge in [-0.25, -0.2) is 12.8 Å². The number of anilines is 2. The van der Waals surface area contributed by atoms with Gasteiger partial charge in [0.1, 0.15) is 10.7 Å². The summed E-state index contributed by atoms with van der Waals surface area (Å²) in [6, 6.07) is 8.95. The number of nitrogen functional groups attached to an aromatic ring is 1. The zero-order valence-corrected chi connectivity index (χ0v) is 12.0. The molecule has 0 heterocycles. The first kappa shape index (κ1) is 15.1. The van der Waals surface area contributed by atoms with Crippen LogP contribution in [0.5, 0.6) is 0 Å². The minimum atomic E-state index is -4.01. The summed E-state index contributed by atoms with van der Waals surface area (Å²) >= 11 is 5.90. The molecule has 0 aliphatic rings. The first-order valence-electron chi connectivity index (χ1n) is 5.61. The van der Waals surface area contributed by atoms with E-state index in [1.54, 1.807) is 0 Å². The van der Waals surface area contributed by atoms with E-state index in [0.29, 0.717) is 5.56 Å². The molecule has 0 spiro atoms. The van der Waals surface area contributed by atoms with Gasteiger partial charge < -0.3 is 5.73 Å². The zero-order valence-electron chi connectivity index (χ0n) is 10.5. The number of sulfonamides is 1.